The van der Waals surface area contributed by atoms with E-state index in [-0.39, 0.29) is 0 Å². The van der Waals surface area contributed by atoms with Gasteiger partial charge in [0, 0.05) is 23.8 Å². The number of aryl methyl sites for hydroxylation is 2. The molecule has 3 N–H and O–H groups in total. The Kier molecular flexibility index (Phi) is 3.23. The van der Waals surface area contributed by atoms with Crippen LogP contribution in [0.25, 0.3) is 10.2 Å². The summed E-state index contributed by atoms with van der Waals surface area (Å²) in [6.07, 6.45) is 3.65. The summed E-state index contributed by atoms with van der Waals surface area (Å²) < 4.78 is 0. The van der Waals surface area contributed by atoms with Crippen molar-refractivity contribution >= 4 is 33.3 Å². The van der Waals surface area contributed by atoms with Crippen LogP contribution >= 0.6 is 11.3 Å². The second-order valence-electron chi connectivity index (χ2n) is 4.66. The lowest BCUT2D eigenvalue weighted by Crippen LogP contribution is -2.05. The largest absolute Gasteiger partial charge is 0.368 e. The summed E-state index contributed by atoms with van der Waals surface area (Å²) in [5.41, 5.74) is 8.11. The molecule has 0 amide bonds. The fraction of sp³-hybridized carbons (Fsp3) is 0.214. The fourth-order valence-corrected chi connectivity index (χ4v) is 2.96. The number of nitrogens with zero attached hydrogens (tertiary/aromatic N) is 3. The molecular formula is C14H15N5S. The first-order valence-corrected chi connectivity index (χ1v) is 7.12. The van der Waals surface area contributed by atoms with Gasteiger partial charge in [0.25, 0.3) is 0 Å². The van der Waals surface area contributed by atoms with E-state index in [1.165, 1.54) is 10.4 Å². The number of hydrogen-bond donors (Lipinski definition) is 2. The van der Waals surface area contributed by atoms with Gasteiger partial charge in [-0.05, 0) is 37.1 Å². The van der Waals surface area contributed by atoms with Crippen LogP contribution in [0.5, 0.6) is 0 Å². The van der Waals surface area contributed by atoms with Gasteiger partial charge in [-0.2, -0.15) is 4.98 Å². The van der Waals surface area contributed by atoms with Gasteiger partial charge in [-0.1, -0.05) is 0 Å². The van der Waals surface area contributed by atoms with E-state index in [4.69, 9.17) is 5.73 Å². The van der Waals surface area contributed by atoms with Gasteiger partial charge in [-0.3, -0.25) is 4.98 Å². The smallest absolute Gasteiger partial charge is 0.223 e. The summed E-state index contributed by atoms with van der Waals surface area (Å²) in [5.74, 6) is 1.08. The normalized spacial score (nSPS) is 10.9. The third-order valence-electron chi connectivity index (χ3n) is 3.12. The Morgan fingerprint density at radius 2 is 2.15 bits per heavy atom. The first-order chi connectivity index (χ1) is 9.63. The van der Waals surface area contributed by atoms with Crippen LogP contribution in [-0.2, 0) is 6.54 Å². The third-order valence-corrected chi connectivity index (χ3v) is 4.06. The minimum atomic E-state index is 0.299. The van der Waals surface area contributed by atoms with E-state index < -0.39 is 0 Å². The highest BCUT2D eigenvalue weighted by Gasteiger charge is 2.09. The van der Waals surface area contributed by atoms with Crippen molar-refractivity contribution in [1.29, 1.82) is 0 Å². The molecule has 0 radical (unpaired) electrons. The predicted octanol–water partition coefficient (Wildman–Crippen LogP) is 2.90. The average Bonchev–Trinajstić information content (AvgIpc) is 2.77. The molecular weight excluding hydrogens is 270 g/mol. The maximum absolute atomic E-state index is 5.77. The van der Waals surface area contributed by atoms with Crippen molar-refractivity contribution in [3.8, 4) is 0 Å². The Morgan fingerprint density at radius 3 is 2.95 bits per heavy atom. The SMILES string of the molecule is Cc1cc2c(NCc3ccncc3C)nc(N)nc2s1. The third kappa shape index (κ3) is 2.42. The molecule has 3 aromatic heterocycles. The molecule has 3 aromatic rings. The van der Waals surface area contributed by atoms with Crippen molar-refractivity contribution in [3.05, 3.63) is 40.5 Å². The number of nitrogen functional groups attached to an aromatic ring is 1. The molecule has 0 atom stereocenters. The van der Waals surface area contributed by atoms with Gasteiger partial charge in [0.1, 0.15) is 10.6 Å². The van der Waals surface area contributed by atoms with Crippen LogP contribution in [0.2, 0.25) is 0 Å². The molecule has 0 saturated heterocycles. The Labute approximate surface area is 120 Å². The Hall–Kier alpha value is -2.21. The lowest BCUT2D eigenvalue weighted by molar-refractivity contribution is 1.07. The summed E-state index contributed by atoms with van der Waals surface area (Å²) in [5, 5.41) is 4.37. The number of thiophene rings is 1. The molecule has 0 unspecified atom stereocenters. The van der Waals surface area contributed by atoms with E-state index in [2.05, 4.69) is 33.3 Å². The van der Waals surface area contributed by atoms with Gasteiger partial charge in [0.2, 0.25) is 5.95 Å². The number of aromatic nitrogens is 3. The van der Waals surface area contributed by atoms with E-state index in [1.807, 2.05) is 19.2 Å². The zero-order chi connectivity index (χ0) is 14.1. The van der Waals surface area contributed by atoms with Crippen LogP contribution in [0.3, 0.4) is 0 Å². The molecule has 5 nitrogen and oxygen atoms in total. The maximum Gasteiger partial charge on any atom is 0.223 e. The Morgan fingerprint density at radius 1 is 1.30 bits per heavy atom. The summed E-state index contributed by atoms with van der Waals surface area (Å²) >= 11 is 1.62. The van der Waals surface area contributed by atoms with Crippen LogP contribution in [0.15, 0.2) is 24.5 Å². The van der Waals surface area contributed by atoms with Crippen molar-refractivity contribution < 1.29 is 0 Å². The van der Waals surface area contributed by atoms with E-state index in [1.54, 1.807) is 17.5 Å². The first-order valence-electron chi connectivity index (χ1n) is 6.30. The molecule has 0 aliphatic rings. The molecule has 3 heterocycles. The zero-order valence-electron chi connectivity index (χ0n) is 11.3. The number of anilines is 2. The molecule has 6 heteroatoms. The molecule has 0 aliphatic carbocycles. The van der Waals surface area contributed by atoms with Gasteiger partial charge in [0.15, 0.2) is 0 Å². The number of pyridine rings is 1. The molecule has 0 saturated carbocycles. The number of nitrogens with two attached hydrogens (primary N) is 1. The van der Waals surface area contributed by atoms with Crippen LogP contribution in [0.4, 0.5) is 11.8 Å². The first kappa shape index (κ1) is 12.8. The van der Waals surface area contributed by atoms with E-state index in [0.717, 1.165) is 21.6 Å². The minimum Gasteiger partial charge on any atom is -0.368 e. The molecule has 102 valence electrons. The van der Waals surface area contributed by atoms with Crippen molar-refractivity contribution in [1.82, 2.24) is 15.0 Å². The fourth-order valence-electron chi connectivity index (χ4n) is 2.07. The maximum atomic E-state index is 5.77. The van der Waals surface area contributed by atoms with Crippen LogP contribution in [-0.4, -0.2) is 15.0 Å². The molecule has 0 spiro atoms. The van der Waals surface area contributed by atoms with Crippen molar-refractivity contribution in [2.75, 3.05) is 11.1 Å². The highest BCUT2D eigenvalue weighted by molar-refractivity contribution is 7.18. The molecule has 0 aromatic carbocycles. The Bertz CT molecular complexity index is 765. The second kappa shape index (κ2) is 5.05. The van der Waals surface area contributed by atoms with Crippen LogP contribution in [0.1, 0.15) is 16.0 Å². The minimum absolute atomic E-state index is 0.299. The number of hydrogen-bond acceptors (Lipinski definition) is 6. The molecule has 0 aliphatic heterocycles. The number of nitrogens with one attached hydrogen (secondary N) is 1. The highest BCUT2D eigenvalue weighted by Crippen LogP contribution is 2.29. The van der Waals surface area contributed by atoms with Gasteiger partial charge < -0.3 is 11.1 Å². The summed E-state index contributed by atoms with van der Waals surface area (Å²) in [6, 6.07) is 4.09. The van der Waals surface area contributed by atoms with Gasteiger partial charge in [-0.15, -0.1) is 11.3 Å². The van der Waals surface area contributed by atoms with Crippen molar-refractivity contribution in [3.63, 3.8) is 0 Å². The summed E-state index contributed by atoms with van der Waals surface area (Å²) in [6.45, 7) is 4.79. The van der Waals surface area contributed by atoms with Gasteiger partial charge in [0.05, 0.1) is 5.39 Å². The van der Waals surface area contributed by atoms with Gasteiger partial charge in [-0.25, -0.2) is 4.98 Å². The van der Waals surface area contributed by atoms with Crippen molar-refractivity contribution in [2.24, 2.45) is 0 Å². The van der Waals surface area contributed by atoms with Crippen molar-refractivity contribution in [2.45, 2.75) is 20.4 Å². The van der Waals surface area contributed by atoms with E-state index in [0.29, 0.717) is 12.5 Å². The summed E-state index contributed by atoms with van der Waals surface area (Å²) in [7, 11) is 0. The lowest BCUT2D eigenvalue weighted by Gasteiger charge is -2.09. The topological polar surface area (TPSA) is 76.7 Å². The molecule has 0 fully saturated rings. The summed E-state index contributed by atoms with van der Waals surface area (Å²) in [4.78, 5) is 14.8. The van der Waals surface area contributed by atoms with Crippen LogP contribution in [0, 0.1) is 13.8 Å². The molecule has 0 bridgehead atoms. The predicted molar refractivity (Wildman–Crippen MR) is 82.9 cm³/mol. The lowest BCUT2D eigenvalue weighted by atomic mass is 10.1. The monoisotopic (exact) mass is 285 g/mol. The van der Waals surface area contributed by atoms with Crippen LogP contribution < -0.4 is 11.1 Å². The molecule has 20 heavy (non-hydrogen) atoms. The molecule has 3 rings (SSSR count). The van der Waals surface area contributed by atoms with E-state index in [9.17, 15) is 0 Å². The highest BCUT2D eigenvalue weighted by atomic mass is 32.1. The zero-order valence-corrected chi connectivity index (χ0v) is 12.2. The van der Waals surface area contributed by atoms with Gasteiger partial charge >= 0.3 is 0 Å². The standard InChI is InChI=1S/C14H15N5S/c1-8-6-16-4-3-10(8)7-17-12-11-5-9(2)20-13(11)19-14(15)18-12/h3-6H,7H2,1-2H3,(H3,15,17,18,19). The average molecular weight is 285 g/mol. The Balaban J connectivity index is 1.93. The number of fused-ring (bicyclic) bond motifs is 1. The number of rotatable bonds is 3. The quantitative estimate of drug-likeness (QED) is 0.773. The second-order valence-corrected chi connectivity index (χ2v) is 5.90. The van der Waals surface area contributed by atoms with E-state index >= 15 is 0 Å².